The van der Waals surface area contributed by atoms with Gasteiger partial charge in [0.05, 0.1) is 11.4 Å². The van der Waals surface area contributed by atoms with E-state index in [0.29, 0.717) is 10.8 Å². The van der Waals surface area contributed by atoms with Crippen LogP contribution in [-0.4, -0.2) is 15.7 Å². The van der Waals surface area contributed by atoms with E-state index in [1.807, 2.05) is 38.1 Å². The number of amides is 1. The number of carbonyl (C=O) groups excluding carboxylic acids is 1. The third-order valence-corrected chi connectivity index (χ3v) is 4.77. The molecule has 0 aliphatic heterocycles. The number of fused-ring (bicyclic) bond motifs is 1. The Balaban J connectivity index is 2.15. The number of aryl methyl sites for hydroxylation is 2. The van der Waals surface area contributed by atoms with Crippen LogP contribution < -0.4 is 10.9 Å². The maximum Gasteiger partial charge on any atom is 0.276 e. The van der Waals surface area contributed by atoms with E-state index in [4.69, 9.17) is 0 Å². The van der Waals surface area contributed by atoms with Crippen molar-refractivity contribution in [2.45, 2.75) is 46.6 Å². The molecule has 2 aromatic carbocycles. The van der Waals surface area contributed by atoms with Crippen molar-refractivity contribution >= 4 is 22.4 Å². The Bertz CT molecular complexity index is 1030. The molecular formula is C22H25N3O2. The van der Waals surface area contributed by atoms with Gasteiger partial charge in [0, 0.05) is 11.1 Å². The van der Waals surface area contributed by atoms with Gasteiger partial charge in [-0.2, -0.15) is 5.10 Å². The summed E-state index contributed by atoms with van der Waals surface area (Å²) >= 11 is 0. The molecule has 3 aromatic rings. The highest BCUT2D eigenvalue weighted by molar-refractivity contribution is 6.11. The average molecular weight is 363 g/mol. The van der Waals surface area contributed by atoms with Gasteiger partial charge in [0.2, 0.25) is 0 Å². The molecule has 0 fully saturated rings. The lowest BCUT2D eigenvalue weighted by Crippen LogP contribution is -2.29. The van der Waals surface area contributed by atoms with Crippen molar-refractivity contribution in [2.24, 2.45) is 0 Å². The lowest BCUT2D eigenvalue weighted by Gasteiger charge is -2.16. The van der Waals surface area contributed by atoms with Crippen molar-refractivity contribution in [2.75, 3.05) is 5.32 Å². The van der Waals surface area contributed by atoms with E-state index in [9.17, 15) is 9.59 Å². The Labute approximate surface area is 159 Å². The van der Waals surface area contributed by atoms with Crippen molar-refractivity contribution in [3.05, 3.63) is 69.6 Å². The Morgan fingerprint density at radius 3 is 2.15 bits per heavy atom. The van der Waals surface area contributed by atoms with Gasteiger partial charge in [0.1, 0.15) is 0 Å². The molecule has 0 unspecified atom stereocenters. The number of nitrogens with zero attached hydrogens (tertiary/aromatic N) is 2. The Hall–Kier alpha value is -2.95. The summed E-state index contributed by atoms with van der Waals surface area (Å²) in [5, 5.41) is 8.54. The van der Waals surface area contributed by atoms with Crippen LogP contribution in [0.5, 0.6) is 0 Å². The molecule has 5 heteroatoms. The molecular weight excluding hydrogens is 338 g/mol. The van der Waals surface area contributed by atoms with Crippen LogP contribution in [0.15, 0.2) is 47.3 Å². The van der Waals surface area contributed by atoms with E-state index < -0.39 is 0 Å². The van der Waals surface area contributed by atoms with E-state index in [2.05, 4.69) is 24.3 Å². The van der Waals surface area contributed by atoms with Gasteiger partial charge in [-0.05, 0) is 43.9 Å². The molecule has 140 valence electrons. The summed E-state index contributed by atoms with van der Waals surface area (Å²) in [7, 11) is 0. The second-order valence-corrected chi connectivity index (χ2v) is 6.85. The zero-order valence-corrected chi connectivity index (χ0v) is 16.2. The molecule has 1 aromatic heterocycles. The van der Waals surface area contributed by atoms with Crippen molar-refractivity contribution in [3.8, 4) is 0 Å². The smallest absolute Gasteiger partial charge is 0.276 e. The van der Waals surface area contributed by atoms with Gasteiger partial charge in [-0.15, -0.1) is 0 Å². The first kappa shape index (κ1) is 18.8. The van der Waals surface area contributed by atoms with E-state index in [1.54, 1.807) is 18.2 Å². The number of carbonyl (C=O) groups is 1. The Morgan fingerprint density at radius 1 is 1.00 bits per heavy atom. The van der Waals surface area contributed by atoms with Crippen LogP contribution in [-0.2, 0) is 12.8 Å². The first-order chi connectivity index (χ1) is 13.0. The molecule has 0 spiro atoms. The number of rotatable bonds is 5. The van der Waals surface area contributed by atoms with E-state index >= 15 is 0 Å². The molecule has 3 rings (SSSR count). The molecule has 1 heterocycles. The first-order valence-corrected chi connectivity index (χ1v) is 9.41. The first-order valence-electron chi connectivity index (χ1n) is 9.41. The standard InChI is InChI=1S/C22H25N3O2/c1-5-15-10-9-11-16(6-2)19(15)23-21(26)20-17-12-7-8-13-18(17)22(27)25(24-20)14(3)4/h7-14H,5-6H2,1-4H3,(H,23,26). The predicted molar refractivity (Wildman–Crippen MR) is 110 cm³/mol. The minimum absolute atomic E-state index is 0.136. The Kier molecular flexibility index (Phi) is 5.40. The normalized spacial score (nSPS) is 11.1. The highest BCUT2D eigenvalue weighted by Crippen LogP contribution is 2.24. The molecule has 5 nitrogen and oxygen atoms in total. The van der Waals surface area contributed by atoms with Crippen molar-refractivity contribution < 1.29 is 4.79 Å². The van der Waals surface area contributed by atoms with Crippen LogP contribution >= 0.6 is 0 Å². The van der Waals surface area contributed by atoms with E-state index in [0.717, 1.165) is 29.7 Å². The molecule has 0 bridgehead atoms. The van der Waals surface area contributed by atoms with E-state index in [-0.39, 0.29) is 23.2 Å². The molecule has 0 radical (unpaired) electrons. The molecule has 0 aliphatic rings. The quantitative estimate of drug-likeness (QED) is 0.733. The van der Waals surface area contributed by atoms with Gasteiger partial charge in [-0.25, -0.2) is 4.68 Å². The highest BCUT2D eigenvalue weighted by atomic mass is 16.2. The minimum Gasteiger partial charge on any atom is -0.320 e. The fourth-order valence-corrected chi connectivity index (χ4v) is 3.30. The number of hydrogen-bond donors (Lipinski definition) is 1. The van der Waals surface area contributed by atoms with E-state index in [1.165, 1.54) is 4.68 Å². The van der Waals surface area contributed by atoms with Gasteiger partial charge >= 0.3 is 0 Å². The molecule has 27 heavy (non-hydrogen) atoms. The molecule has 0 saturated carbocycles. The summed E-state index contributed by atoms with van der Waals surface area (Å²) in [5.41, 5.74) is 3.11. The number of anilines is 1. The number of para-hydroxylation sites is 1. The molecule has 0 atom stereocenters. The van der Waals surface area contributed by atoms with Crippen molar-refractivity contribution in [1.29, 1.82) is 0 Å². The summed E-state index contributed by atoms with van der Waals surface area (Å²) in [6.45, 7) is 7.90. The van der Waals surface area contributed by atoms with Crippen LogP contribution in [0, 0.1) is 0 Å². The van der Waals surface area contributed by atoms with Crippen LogP contribution in [0.1, 0.15) is 55.4 Å². The molecule has 0 saturated heterocycles. The van der Waals surface area contributed by atoms with Gasteiger partial charge in [0.15, 0.2) is 5.69 Å². The third kappa shape index (κ3) is 3.50. The van der Waals surface area contributed by atoms with Gasteiger partial charge < -0.3 is 5.32 Å². The summed E-state index contributed by atoms with van der Waals surface area (Å²) in [4.78, 5) is 25.8. The molecule has 1 N–H and O–H groups in total. The topological polar surface area (TPSA) is 64.0 Å². The minimum atomic E-state index is -0.295. The number of aromatic nitrogens is 2. The SMILES string of the molecule is CCc1cccc(CC)c1NC(=O)c1nn(C(C)C)c(=O)c2ccccc12. The van der Waals surface area contributed by atoms with Crippen LogP contribution in [0.25, 0.3) is 10.8 Å². The summed E-state index contributed by atoms with van der Waals surface area (Å²) < 4.78 is 1.38. The number of hydrogen-bond acceptors (Lipinski definition) is 3. The molecule has 1 amide bonds. The van der Waals surface area contributed by atoms with Gasteiger partial charge in [0.25, 0.3) is 11.5 Å². The molecule has 0 aliphatic carbocycles. The van der Waals surface area contributed by atoms with Gasteiger partial charge in [-0.3, -0.25) is 9.59 Å². The van der Waals surface area contributed by atoms with Gasteiger partial charge in [-0.1, -0.05) is 50.2 Å². The average Bonchev–Trinajstić information content (AvgIpc) is 2.68. The zero-order chi connectivity index (χ0) is 19.6. The van der Waals surface area contributed by atoms with Crippen molar-refractivity contribution in [3.63, 3.8) is 0 Å². The lowest BCUT2D eigenvalue weighted by molar-refractivity contribution is 0.102. The highest BCUT2D eigenvalue weighted by Gasteiger charge is 2.19. The zero-order valence-electron chi connectivity index (χ0n) is 16.2. The largest absolute Gasteiger partial charge is 0.320 e. The Morgan fingerprint density at radius 2 is 1.59 bits per heavy atom. The second kappa shape index (κ2) is 7.74. The summed E-state index contributed by atoms with van der Waals surface area (Å²) in [6, 6.07) is 13.1. The van der Waals surface area contributed by atoms with Crippen molar-refractivity contribution in [1.82, 2.24) is 9.78 Å². The summed E-state index contributed by atoms with van der Waals surface area (Å²) in [5.74, 6) is -0.295. The maximum atomic E-state index is 13.2. The van der Waals surface area contributed by atoms with Crippen LogP contribution in [0.3, 0.4) is 0 Å². The lowest BCUT2D eigenvalue weighted by atomic mass is 10.0. The third-order valence-electron chi connectivity index (χ3n) is 4.77. The maximum absolute atomic E-state index is 13.2. The monoisotopic (exact) mass is 363 g/mol. The predicted octanol–water partition coefficient (Wildman–Crippen LogP) is 4.35. The fourth-order valence-electron chi connectivity index (χ4n) is 3.30. The fraction of sp³-hybridized carbons (Fsp3) is 0.318. The summed E-state index contributed by atoms with van der Waals surface area (Å²) in [6.07, 6.45) is 1.65. The number of nitrogens with one attached hydrogen (secondary N) is 1. The van der Waals surface area contributed by atoms with Crippen LogP contribution in [0.4, 0.5) is 5.69 Å². The second-order valence-electron chi connectivity index (χ2n) is 6.85. The van der Waals surface area contributed by atoms with Crippen LogP contribution in [0.2, 0.25) is 0 Å². The number of benzene rings is 2.